The lowest BCUT2D eigenvalue weighted by Gasteiger charge is -2.13. The molecule has 0 unspecified atom stereocenters. The third-order valence-electron chi connectivity index (χ3n) is 2.28. The lowest BCUT2D eigenvalue weighted by molar-refractivity contribution is -0.141. The maximum absolute atomic E-state index is 10.5. The summed E-state index contributed by atoms with van der Waals surface area (Å²) in [5.74, 6) is -0.188. The molecular weight excluding hydrogens is 192 g/mol. The first-order valence-electron chi connectivity index (χ1n) is 5.28. The highest BCUT2D eigenvalue weighted by Gasteiger charge is 2.09. The summed E-state index contributed by atoms with van der Waals surface area (Å²) in [6.45, 7) is 10.6. The van der Waals surface area contributed by atoms with Crippen LogP contribution in [0.25, 0.3) is 0 Å². The molecule has 0 saturated carbocycles. The van der Waals surface area contributed by atoms with Gasteiger partial charge < -0.3 is 4.74 Å². The third kappa shape index (κ3) is 5.97. The van der Waals surface area contributed by atoms with E-state index in [0.717, 1.165) is 12.8 Å². The molecule has 0 rings (SSSR count). The van der Waals surface area contributed by atoms with Gasteiger partial charge in [-0.15, -0.1) is 6.58 Å². The average molecular weight is 213 g/mol. The normalized spacial score (nSPS) is 10.3. The molecule has 2 nitrogen and oxygen atoms in total. The van der Waals surface area contributed by atoms with E-state index in [4.69, 9.17) is 4.74 Å². The molecule has 0 aromatic carbocycles. The molecule has 81 valence electrons. The highest BCUT2D eigenvalue weighted by atomic mass is 28.3. The van der Waals surface area contributed by atoms with Gasteiger partial charge in [-0.3, -0.25) is 4.79 Å². The maximum Gasteiger partial charge on any atom is 0.302 e. The minimum atomic E-state index is -0.336. The van der Waals surface area contributed by atoms with Gasteiger partial charge in [0.05, 0.1) is 15.4 Å². The largest absolute Gasteiger partial charge is 0.466 e. The molecule has 0 heterocycles. The molecular formula is C11H21O2Si. The molecule has 0 atom stereocenters. The summed E-state index contributed by atoms with van der Waals surface area (Å²) >= 11 is 0. The van der Waals surface area contributed by atoms with E-state index >= 15 is 0 Å². The summed E-state index contributed by atoms with van der Waals surface area (Å²) in [5.41, 5.74) is 0. The molecule has 3 heteroatoms. The van der Waals surface area contributed by atoms with Crippen LogP contribution < -0.4 is 0 Å². The van der Waals surface area contributed by atoms with Crippen LogP contribution in [0.15, 0.2) is 11.8 Å². The number of esters is 1. The molecule has 0 aliphatic heterocycles. The van der Waals surface area contributed by atoms with Crippen LogP contribution in [-0.2, 0) is 9.53 Å². The number of carbonyl (C=O) groups excluding carboxylic acids is 1. The van der Waals surface area contributed by atoms with Gasteiger partial charge in [0.1, 0.15) is 0 Å². The van der Waals surface area contributed by atoms with Gasteiger partial charge in [0, 0.05) is 6.92 Å². The van der Waals surface area contributed by atoms with E-state index in [2.05, 4.69) is 20.4 Å². The van der Waals surface area contributed by atoms with E-state index in [1.165, 1.54) is 24.2 Å². The average Bonchev–Trinajstić information content (AvgIpc) is 2.14. The summed E-state index contributed by atoms with van der Waals surface area (Å²) in [4.78, 5) is 10.5. The van der Waals surface area contributed by atoms with Gasteiger partial charge >= 0.3 is 5.97 Å². The molecule has 0 amide bonds. The first kappa shape index (κ1) is 13.4. The van der Waals surface area contributed by atoms with Crippen LogP contribution >= 0.6 is 0 Å². The van der Waals surface area contributed by atoms with Crippen molar-refractivity contribution in [1.29, 1.82) is 0 Å². The lowest BCUT2D eigenvalue weighted by Crippen LogP contribution is -2.13. The molecule has 1 radical (unpaired) electrons. The third-order valence-corrected chi connectivity index (χ3v) is 5.24. The van der Waals surface area contributed by atoms with E-state index in [-0.39, 0.29) is 14.8 Å². The van der Waals surface area contributed by atoms with E-state index < -0.39 is 0 Å². The molecule has 0 aliphatic carbocycles. The molecule has 0 aromatic rings. The Kier molecular flexibility index (Phi) is 7.48. The summed E-state index contributed by atoms with van der Waals surface area (Å²) in [6, 6.07) is 2.52. The Balaban J connectivity index is 3.57. The second-order valence-electron chi connectivity index (χ2n) is 3.36. The zero-order chi connectivity index (χ0) is 11.0. The Labute approximate surface area is 89.0 Å². The molecule has 14 heavy (non-hydrogen) atoms. The molecule has 0 fully saturated rings. The fourth-order valence-electron chi connectivity index (χ4n) is 1.43. The Hall–Kier alpha value is -0.573. The van der Waals surface area contributed by atoms with Crippen LogP contribution in [-0.4, -0.2) is 21.4 Å². The summed E-state index contributed by atoms with van der Waals surface area (Å²) < 4.78 is 4.87. The molecule has 0 aromatic heterocycles. The van der Waals surface area contributed by atoms with E-state index in [1.54, 1.807) is 0 Å². The van der Waals surface area contributed by atoms with Crippen molar-refractivity contribution in [3.8, 4) is 0 Å². The summed E-state index contributed by atoms with van der Waals surface area (Å²) in [6.07, 6.45) is 1.94. The van der Waals surface area contributed by atoms with Crippen LogP contribution in [0.3, 0.4) is 0 Å². The SMILES string of the molecule is C=C(CCCOC(C)=O)[Si](CC)CC. The van der Waals surface area contributed by atoms with Crippen molar-refractivity contribution in [1.82, 2.24) is 0 Å². The van der Waals surface area contributed by atoms with E-state index in [0.29, 0.717) is 6.61 Å². The van der Waals surface area contributed by atoms with Crippen LogP contribution in [0.4, 0.5) is 0 Å². The number of allylic oxidation sites excluding steroid dienone is 1. The smallest absolute Gasteiger partial charge is 0.302 e. The van der Waals surface area contributed by atoms with Gasteiger partial charge in [-0.1, -0.05) is 31.1 Å². The van der Waals surface area contributed by atoms with Crippen LogP contribution in [0, 0.1) is 0 Å². The van der Waals surface area contributed by atoms with Crippen molar-refractivity contribution in [2.75, 3.05) is 6.61 Å². The summed E-state index contributed by atoms with van der Waals surface area (Å²) in [7, 11) is -0.336. The van der Waals surface area contributed by atoms with Gasteiger partial charge in [0.25, 0.3) is 0 Å². The van der Waals surface area contributed by atoms with Crippen LogP contribution in [0.1, 0.15) is 33.6 Å². The Morgan fingerprint density at radius 2 is 1.93 bits per heavy atom. The number of carbonyl (C=O) groups is 1. The zero-order valence-electron chi connectivity index (χ0n) is 9.56. The summed E-state index contributed by atoms with van der Waals surface area (Å²) in [5, 5.41) is 1.40. The Bertz CT molecular complexity index is 186. The van der Waals surface area contributed by atoms with E-state index in [9.17, 15) is 4.79 Å². The van der Waals surface area contributed by atoms with Crippen molar-refractivity contribution in [3.05, 3.63) is 11.8 Å². The minimum absolute atomic E-state index is 0.188. The first-order valence-corrected chi connectivity index (χ1v) is 7.19. The van der Waals surface area contributed by atoms with Gasteiger partial charge in [-0.2, -0.15) is 0 Å². The second-order valence-corrected chi connectivity index (χ2v) is 6.69. The molecule has 0 N–H and O–H groups in total. The van der Waals surface area contributed by atoms with Crippen molar-refractivity contribution >= 4 is 14.8 Å². The lowest BCUT2D eigenvalue weighted by atomic mass is 10.3. The molecule has 0 saturated heterocycles. The number of hydrogen-bond donors (Lipinski definition) is 0. The quantitative estimate of drug-likeness (QED) is 0.369. The zero-order valence-corrected chi connectivity index (χ0v) is 10.6. The highest BCUT2D eigenvalue weighted by Crippen LogP contribution is 2.13. The van der Waals surface area contributed by atoms with Gasteiger partial charge in [0.15, 0.2) is 0 Å². The highest BCUT2D eigenvalue weighted by molar-refractivity contribution is 6.66. The second kappa shape index (κ2) is 7.80. The van der Waals surface area contributed by atoms with Gasteiger partial charge in [-0.05, 0) is 12.8 Å². The molecule has 0 spiro atoms. The van der Waals surface area contributed by atoms with Crippen molar-refractivity contribution in [3.63, 3.8) is 0 Å². The van der Waals surface area contributed by atoms with Crippen LogP contribution in [0.2, 0.25) is 12.1 Å². The van der Waals surface area contributed by atoms with Gasteiger partial charge in [-0.25, -0.2) is 0 Å². The van der Waals surface area contributed by atoms with E-state index in [1.807, 2.05) is 0 Å². The fourth-order valence-corrected chi connectivity index (χ4v) is 3.46. The predicted molar refractivity (Wildman–Crippen MR) is 61.7 cm³/mol. The van der Waals surface area contributed by atoms with Crippen LogP contribution in [0.5, 0.6) is 0 Å². The Morgan fingerprint density at radius 1 is 1.36 bits per heavy atom. The fraction of sp³-hybridized carbons (Fsp3) is 0.727. The standard InChI is InChI=1S/C11H21O2Si/c1-5-14(6-2)10(3)8-7-9-13-11(4)12/h3,5-9H2,1-2,4H3. The molecule has 0 aliphatic rings. The molecule has 0 bridgehead atoms. The van der Waals surface area contributed by atoms with Crippen molar-refractivity contribution in [2.24, 2.45) is 0 Å². The Morgan fingerprint density at radius 3 is 2.36 bits per heavy atom. The minimum Gasteiger partial charge on any atom is -0.466 e. The monoisotopic (exact) mass is 213 g/mol. The number of rotatable bonds is 7. The van der Waals surface area contributed by atoms with Crippen molar-refractivity contribution < 1.29 is 9.53 Å². The number of hydrogen-bond acceptors (Lipinski definition) is 2. The van der Waals surface area contributed by atoms with Gasteiger partial charge in [0.2, 0.25) is 0 Å². The predicted octanol–water partition coefficient (Wildman–Crippen LogP) is 2.96. The number of ether oxygens (including phenoxy) is 1. The maximum atomic E-state index is 10.5. The first-order chi connectivity index (χ1) is 6.61. The topological polar surface area (TPSA) is 26.3 Å². The van der Waals surface area contributed by atoms with Crippen molar-refractivity contribution in [2.45, 2.75) is 45.7 Å².